The summed E-state index contributed by atoms with van der Waals surface area (Å²) >= 11 is 0. The monoisotopic (exact) mass is 249 g/mol. The summed E-state index contributed by atoms with van der Waals surface area (Å²) in [5.41, 5.74) is 2.32. The Hall–Kier alpha value is -1.75. The van der Waals surface area contributed by atoms with E-state index >= 15 is 0 Å². The van der Waals surface area contributed by atoms with Crippen molar-refractivity contribution in [1.29, 1.82) is 0 Å². The van der Waals surface area contributed by atoms with Gasteiger partial charge in [-0.05, 0) is 19.1 Å². The molecule has 94 valence electrons. The average Bonchev–Trinajstić information content (AvgIpc) is 2.66. The van der Waals surface area contributed by atoms with Gasteiger partial charge in [0, 0.05) is 31.3 Å². The minimum absolute atomic E-state index is 0.365. The number of imidazole rings is 1. The number of nitrogens with zero attached hydrogens (tertiary/aromatic N) is 2. The van der Waals surface area contributed by atoms with Gasteiger partial charge in [-0.1, -0.05) is 0 Å². The van der Waals surface area contributed by atoms with Crippen molar-refractivity contribution in [3.05, 3.63) is 47.0 Å². The van der Waals surface area contributed by atoms with Gasteiger partial charge >= 0.3 is 0 Å². The first kappa shape index (κ1) is 11.3. The third kappa shape index (κ3) is 1.71. The van der Waals surface area contributed by atoms with Crippen LogP contribution in [0.1, 0.15) is 17.2 Å². The second-order valence-electron chi connectivity index (χ2n) is 4.41. The molecule has 0 amide bonds. The van der Waals surface area contributed by atoms with Crippen LogP contribution in [-0.2, 0) is 13.0 Å². The molecule has 1 aliphatic heterocycles. The lowest BCUT2D eigenvalue weighted by Crippen LogP contribution is -2.25. The Kier molecular flexibility index (Phi) is 2.63. The largest absolute Gasteiger partial charge is 0.311 e. The van der Waals surface area contributed by atoms with Gasteiger partial charge in [-0.25, -0.2) is 13.8 Å². The van der Waals surface area contributed by atoms with E-state index in [1.54, 1.807) is 4.57 Å². The summed E-state index contributed by atoms with van der Waals surface area (Å²) in [7, 11) is 0. The molecule has 0 unspecified atom stereocenters. The fraction of sp³-hybridized carbons (Fsp3) is 0.308. The zero-order valence-corrected chi connectivity index (χ0v) is 10.0. The molecule has 3 rings (SSSR count). The van der Waals surface area contributed by atoms with Gasteiger partial charge in [-0.2, -0.15) is 0 Å². The second-order valence-corrected chi connectivity index (χ2v) is 4.41. The van der Waals surface area contributed by atoms with Crippen LogP contribution in [0, 0.1) is 18.6 Å². The molecule has 0 saturated heterocycles. The van der Waals surface area contributed by atoms with Crippen molar-refractivity contribution < 1.29 is 8.78 Å². The highest BCUT2D eigenvalue weighted by atomic mass is 19.1. The lowest BCUT2D eigenvalue weighted by Gasteiger charge is -2.16. The highest BCUT2D eigenvalue weighted by molar-refractivity contribution is 5.39. The number of aryl methyl sites for hydroxylation is 1. The van der Waals surface area contributed by atoms with Gasteiger partial charge in [0.2, 0.25) is 0 Å². The van der Waals surface area contributed by atoms with Crippen LogP contribution in [0.15, 0.2) is 18.2 Å². The van der Waals surface area contributed by atoms with Gasteiger partial charge in [0.1, 0.15) is 17.5 Å². The van der Waals surface area contributed by atoms with E-state index in [1.165, 1.54) is 12.1 Å². The van der Waals surface area contributed by atoms with Gasteiger partial charge in [-0.3, -0.25) is 4.57 Å². The van der Waals surface area contributed by atoms with Gasteiger partial charge in [0.15, 0.2) is 0 Å². The molecule has 2 aromatic rings. The summed E-state index contributed by atoms with van der Waals surface area (Å²) < 4.78 is 28.6. The molecule has 2 heterocycles. The molecule has 18 heavy (non-hydrogen) atoms. The van der Waals surface area contributed by atoms with Crippen LogP contribution in [0.25, 0.3) is 5.69 Å². The van der Waals surface area contributed by atoms with Gasteiger partial charge in [0.25, 0.3) is 0 Å². The minimum atomic E-state index is -0.565. The van der Waals surface area contributed by atoms with Crippen molar-refractivity contribution >= 4 is 0 Å². The Balaban J connectivity index is 2.19. The second kappa shape index (κ2) is 4.17. The molecular weight excluding hydrogens is 236 g/mol. The number of aromatic nitrogens is 2. The molecule has 0 radical (unpaired) electrons. The summed E-state index contributed by atoms with van der Waals surface area (Å²) in [6, 6.07) is 3.63. The molecule has 5 heteroatoms. The van der Waals surface area contributed by atoms with E-state index < -0.39 is 11.6 Å². The molecule has 0 bridgehead atoms. The van der Waals surface area contributed by atoms with E-state index in [-0.39, 0.29) is 0 Å². The van der Waals surface area contributed by atoms with E-state index in [1.807, 2.05) is 6.92 Å². The Labute approximate surface area is 103 Å². The smallest absolute Gasteiger partial charge is 0.150 e. The molecule has 1 aliphatic rings. The first-order valence-electron chi connectivity index (χ1n) is 5.90. The van der Waals surface area contributed by atoms with Crippen molar-refractivity contribution in [2.45, 2.75) is 19.9 Å². The van der Waals surface area contributed by atoms with Crippen LogP contribution in [-0.4, -0.2) is 16.1 Å². The standard InChI is InChI=1S/C13H13F2N3/c1-8-17-11-7-16-5-4-13(11)18(8)12-3-2-9(14)6-10(12)15/h2-3,6,16H,4-5,7H2,1H3. The normalized spacial score (nSPS) is 14.6. The van der Waals surface area contributed by atoms with Gasteiger partial charge in [-0.15, -0.1) is 0 Å². The van der Waals surface area contributed by atoms with Crippen LogP contribution in [0.2, 0.25) is 0 Å². The predicted molar refractivity (Wildman–Crippen MR) is 63.6 cm³/mol. The van der Waals surface area contributed by atoms with Crippen molar-refractivity contribution in [3.8, 4) is 5.69 Å². The van der Waals surface area contributed by atoms with E-state index in [4.69, 9.17) is 0 Å². The van der Waals surface area contributed by atoms with E-state index in [9.17, 15) is 8.78 Å². The van der Waals surface area contributed by atoms with Crippen LogP contribution in [0.3, 0.4) is 0 Å². The van der Waals surface area contributed by atoms with Gasteiger partial charge in [0.05, 0.1) is 11.4 Å². The molecule has 0 aliphatic carbocycles. The molecule has 0 fully saturated rings. The van der Waals surface area contributed by atoms with Crippen LogP contribution in [0.4, 0.5) is 8.78 Å². The molecule has 0 spiro atoms. The number of nitrogens with one attached hydrogen (secondary N) is 1. The number of fused-ring (bicyclic) bond motifs is 1. The molecule has 1 aromatic carbocycles. The van der Waals surface area contributed by atoms with Crippen molar-refractivity contribution in [2.75, 3.05) is 6.54 Å². The van der Waals surface area contributed by atoms with E-state index in [0.29, 0.717) is 12.2 Å². The zero-order chi connectivity index (χ0) is 12.7. The third-order valence-corrected chi connectivity index (χ3v) is 3.21. The minimum Gasteiger partial charge on any atom is -0.311 e. The summed E-state index contributed by atoms with van der Waals surface area (Å²) in [5, 5.41) is 3.23. The number of hydrogen-bond acceptors (Lipinski definition) is 2. The van der Waals surface area contributed by atoms with Crippen LogP contribution >= 0.6 is 0 Å². The molecule has 3 nitrogen and oxygen atoms in total. The van der Waals surface area contributed by atoms with Crippen LogP contribution in [0.5, 0.6) is 0 Å². The number of benzene rings is 1. The highest BCUT2D eigenvalue weighted by Crippen LogP contribution is 2.23. The predicted octanol–water partition coefficient (Wildman–Crippen LogP) is 2.10. The lowest BCUT2D eigenvalue weighted by atomic mass is 10.1. The Bertz CT molecular complexity index is 605. The van der Waals surface area contributed by atoms with Crippen LogP contribution < -0.4 is 5.32 Å². The number of rotatable bonds is 1. The first-order valence-corrected chi connectivity index (χ1v) is 5.90. The van der Waals surface area contributed by atoms with Gasteiger partial charge < -0.3 is 5.32 Å². The molecular formula is C13H13F2N3. The molecule has 0 atom stereocenters. The maximum atomic E-state index is 13.9. The number of halogens is 2. The zero-order valence-electron chi connectivity index (χ0n) is 10.0. The third-order valence-electron chi connectivity index (χ3n) is 3.21. The Morgan fingerprint density at radius 2 is 2.17 bits per heavy atom. The molecule has 0 saturated carbocycles. The quantitative estimate of drug-likeness (QED) is 0.838. The summed E-state index contributed by atoms with van der Waals surface area (Å²) in [5.74, 6) is -0.393. The average molecular weight is 249 g/mol. The Morgan fingerprint density at radius 3 is 2.94 bits per heavy atom. The number of hydrogen-bond donors (Lipinski definition) is 1. The molecule has 1 N–H and O–H groups in total. The lowest BCUT2D eigenvalue weighted by molar-refractivity contribution is 0.572. The van der Waals surface area contributed by atoms with Crippen molar-refractivity contribution in [1.82, 2.24) is 14.9 Å². The SMILES string of the molecule is Cc1nc2c(n1-c1ccc(F)cc1F)CCNC2. The van der Waals surface area contributed by atoms with Crippen molar-refractivity contribution in [2.24, 2.45) is 0 Å². The van der Waals surface area contributed by atoms with E-state index in [0.717, 1.165) is 36.2 Å². The summed E-state index contributed by atoms with van der Waals surface area (Å²) in [6.45, 7) is 3.38. The first-order chi connectivity index (χ1) is 8.66. The maximum Gasteiger partial charge on any atom is 0.150 e. The topological polar surface area (TPSA) is 29.9 Å². The Morgan fingerprint density at radius 1 is 1.33 bits per heavy atom. The fourth-order valence-corrected chi connectivity index (χ4v) is 2.43. The summed E-state index contributed by atoms with van der Waals surface area (Å²) in [6.07, 6.45) is 0.799. The highest BCUT2D eigenvalue weighted by Gasteiger charge is 2.20. The maximum absolute atomic E-state index is 13.9. The fourth-order valence-electron chi connectivity index (χ4n) is 2.43. The molecule has 1 aromatic heterocycles. The van der Waals surface area contributed by atoms with E-state index in [2.05, 4.69) is 10.3 Å². The summed E-state index contributed by atoms with van der Waals surface area (Å²) in [4.78, 5) is 4.43. The van der Waals surface area contributed by atoms with Crippen molar-refractivity contribution in [3.63, 3.8) is 0 Å².